The molecule has 0 spiro atoms. The highest BCUT2D eigenvalue weighted by molar-refractivity contribution is 6.19. The Bertz CT molecular complexity index is 1390. The van der Waals surface area contributed by atoms with Gasteiger partial charge in [-0.3, -0.25) is 15.1 Å². The molecule has 134 valence electrons. The number of benzene rings is 3. The second kappa shape index (κ2) is 6.24. The number of nitro groups is 1. The van der Waals surface area contributed by atoms with Crippen molar-refractivity contribution < 1.29 is 4.92 Å². The fourth-order valence-corrected chi connectivity index (χ4v) is 3.36. The van der Waals surface area contributed by atoms with Crippen LogP contribution in [0, 0.1) is 10.1 Å². The Balaban J connectivity index is 1.62. The summed E-state index contributed by atoms with van der Waals surface area (Å²) < 4.78 is 0. The maximum atomic E-state index is 10.7. The van der Waals surface area contributed by atoms with E-state index in [2.05, 4.69) is 32.3 Å². The molecule has 0 bridgehead atoms. The number of aromatic nitrogens is 2. The van der Waals surface area contributed by atoms with Gasteiger partial charge in [0.25, 0.3) is 5.69 Å². The van der Waals surface area contributed by atoms with Crippen molar-refractivity contribution in [1.82, 2.24) is 9.97 Å². The van der Waals surface area contributed by atoms with Crippen molar-refractivity contribution in [3.05, 3.63) is 83.2 Å². The predicted octanol–water partition coefficient (Wildman–Crippen LogP) is 6.19. The second-order valence-corrected chi connectivity index (χ2v) is 6.38. The largest absolute Gasteiger partial charge is 0.361 e. The minimum absolute atomic E-state index is 0.0222. The van der Waals surface area contributed by atoms with E-state index < -0.39 is 4.92 Å². The number of H-pyrrole nitrogens is 1. The molecular weight excluding hydrogens is 354 g/mol. The van der Waals surface area contributed by atoms with Gasteiger partial charge in [0, 0.05) is 34.6 Å². The molecule has 0 atom stereocenters. The number of nitrogens with one attached hydrogen (secondary N) is 1. The normalized spacial score (nSPS) is 11.7. The molecule has 5 rings (SSSR count). The van der Waals surface area contributed by atoms with Crippen LogP contribution < -0.4 is 0 Å². The highest BCUT2D eigenvalue weighted by Gasteiger charge is 2.11. The molecule has 1 N–H and O–H groups in total. The Labute approximate surface area is 158 Å². The highest BCUT2D eigenvalue weighted by atomic mass is 16.6. The quantitative estimate of drug-likeness (QED) is 0.178. The van der Waals surface area contributed by atoms with Gasteiger partial charge in [0.1, 0.15) is 5.69 Å². The Kier molecular flexibility index (Phi) is 3.58. The van der Waals surface area contributed by atoms with Gasteiger partial charge in [0.2, 0.25) is 0 Å². The third kappa shape index (κ3) is 2.57. The Morgan fingerprint density at radius 3 is 2.57 bits per heavy atom. The van der Waals surface area contributed by atoms with Gasteiger partial charge in [-0.25, -0.2) is 0 Å². The maximum absolute atomic E-state index is 10.7. The number of hydrogen-bond donors (Lipinski definition) is 1. The molecule has 0 unspecified atom stereocenters. The van der Waals surface area contributed by atoms with Crippen molar-refractivity contribution in [3.63, 3.8) is 0 Å². The molecule has 28 heavy (non-hydrogen) atoms. The van der Waals surface area contributed by atoms with Gasteiger partial charge in [0.05, 0.1) is 22.3 Å². The Morgan fingerprint density at radius 2 is 1.75 bits per heavy atom. The first kappa shape index (κ1) is 16.1. The molecule has 0 radical (unpaired) electrons. The van der Waals surface area contributed by atoms with Crippen molar-refractivity contribution in [1.29, 1.82) is 0 Å². The van der Waals surface area contributed by atoms with Crippen LogP contribution in [-0.4, -0.2) is 14.9 Å². The van der Waals surface area contributed by atoms with Crippen LogP contribution >= 0.6 is 0 Å². The lowest BCUT2D eigenvalue weighted by Crippen LogP contribution is -1.85. The third-order valence-corrected chi connectivity index (χ3v) is 4.72. The van der Waals surface area contributed by atoms with E-state index in [1.807, 2.05) is 30.5 Å². The number of aromatic amines is 1. The molecule has 0 saturated carbocycles. The van der Waals surface area contributed by atoms with Crippen molar-refractivity contribution >= 4 is 49.6 Å². The van der Waals surface area contributed by atoms with Crippen molar-refractivity contribution in [2.75, 3.05) is 0 Å². The molecule has 7 heteroatoms. The molecule has 7 nitrogen and oxygen atoms in total. The zero-order valence-electron chi connectivity index (χ0n) is 14.5. The van der Waals surface area contributed by atoms with Crippen LogP contribution in [0.5, 0.6) is 0 Å². The number of nitro benzene ring substituents is 1. The van der Waals surface area contributed by atoms with Crippen LogP contribution in [0.2, 0.25) is 0 Å². The monoisotopic (exact) mass is 367 g/mol. The van der Waals surface area contributed by atoms with E-state index >= 15 is 0 Å². The summed E-state index contributed by atoms with van der Waals surface area (Å²) in [6.07, 6.45) is 3.68. The molecule has 0 aliphatic heterocycles. The molecule has 0 saturated heterocycles. The van der Waals surface area contributed by atoms with Crippen LogP contribution in [0.3, 0.4) is 0 Å². The number of pyridine rings is 1. The number of hydrogen-bond acceptors (Lipinski definition) is 5. The van der Waals surface area contributed by atoms with Crippen LogP contribution in [-0.2, 0) is 0 Å². The van der Waals surface area contributed by atoms with E-state index in [1.165, 1.54) is 12.1 Å². The first-order valence-electron chi connectivity index (χ1n) is 8.64. The van der Waals surface area contributed by atoms with Gasteiger partial charge >= 0.3 is 0 Å². The first-order valence-corrected chi connectivity index (χ1v) is 8.64. The number of rotatable bonds is 3. The second-order valence-electron chi connectivity index (χ2n) is 6.38. The zero-order valence-corrected chi connectivity index (χ0v) is 14.5. The summed E-state index contributed by atoms with van der Waals surface area (Å²) in [5, 5.41) is 23.4. The zero-order chi connectivity index (χ0) is 19.1. The van der Waals surface area contributed by atoms with Crippen molar-refractivity contribution in [2.24, 2.45) is 10.2 Å². The van der Waals surface area contributed by atoms with Crippen molar-refractivity contribution in [2.45, 2.75) is 0 Å². The lowest BCUT2D eigenvalue weighted by molar-refractivity contribution is -0.384. The number of fused-ring (bicyclic) bond motifs is 5. The van der Waals surface area contributed by atoms with Gasteiger partial charge in [-0.05, 0) is 35.0 Å². The third-order valence-electron chi connectivity index (χ3n) is 4.72. The average molecular weight is 367 g/mol. The molecule has 2 aromatic heterocycles. The summed E-state index contributed by atoms with van der Waals surface area (Å²) in [4.78, 5) is 18.2. The molecule has 0 aliphatic carbocycles. The standard InChI is InChI=1S/C21H13N5O2/c27-26(28)15-7-5-14(6-8-15)24-25-19-12-23-21-17(19)9-10-18-20(21)16-4-2-1-3-13(16)11-22-18/h1-12,22H. The topological polar surface area (TPSA) is 96.5 Å². The van der Waals surface area contributed by atoms with Gasteiger partial charge < -0.3 is 4.98 Å². The minimum atomic E-state index is -0.442. The summed E-state index contributed by atoms with van der Waals surface area (Å²) in [7, 11) is 0. The Hall–Kier alpha value is -4.13. The first-order chi connectivity index (χ1) is 13.7. The van der Waals surface area contributed by atoms with Crippen LogP contribution in [0.25, 0.3) is 32.6 Å². The van der Waals surface area contributed by atoms with Gasteiger partial charge in [-0.2, -0.15) is 5.11 Å². The minimum Gasteiger partial charge on any atom is -0.361 e. The van der Waals surface area contributed by atoms with E-state index in [9.17, 15) is 10.1 Å². The summed E-state index contributed by atoms with van der Waals surface area (Å²) in [5.41, 5.74) is 3.09. The predicted molar refractivity (Wildman–Crippen MR) is 108 cm³/mol. The number of nitrogens with zero attached hydrogens (tertiary/aromatic N) is 4. The SMILES string of the molecule is O=[N+]([O-])c1ccc(N=Nc2cnc3c2ccc2[nH]cc4ccccc4c23)cc1. The molecule has 0 aliphatic rings. The number of azo groups is 1. The summed E-state index contributed by atoms with van der Waals surface area (Å²) in [6, 6.07) is 18.1. The molecular formula is C21H13N5O2. The number of non-ortho nitro benzene ring substituents is 1. The Morgan fingerprint density at radius 1 is 0.929 bits per heavy atom. The summed E-state index contributed by atoms with van der Waals surface area (Å²) in [5.74, 6) is 0. The fraction of sp³-hybridized carbons (Fsp3) is 0. The summed E-state index contributed by atoms with van der Waals surface area (Å²) >= 11 is 0. The molecule has 5 aromatic rings. The van der Waals surface area contributed by atoms with Crippen LogP contribution in [0.15, 0.2) is 83.3 Å². The highest BCUT2D eigenvalue weighted by Crippen LogP contribution is 2.35. The molecule has 0 fully saturated rings. The van der Waals surface area contributed by atoms with Crippen LogP contribution in [0.4, 0.5) is 17.1 Å². The summed E-state index contributed by atoms with van der Waals surface area (Å²) in [6.45, 7) is 0. The molecule has 2 heterocycles. The van der Waals surface area contributed by atoms with Gasteiger partial charge in [-0.15, -0.1) is 5.11 Å². The van der Waals surface area contributed by atoms with Crippen molar-refractivity contribution in [3.8, 4) is 0 Å². The lowest BCUT2D eigenvalue weighted by atomic mass is 10.0. The lowest BCUT2D eigenvalue weighted by Gasteiger charge is -2.05. The smallest absolute Gasteiger partial charge is 0.269 e. The van der Waals surface area contributed by atoms with Gasteiger partial charge in [0.15, 0.2) is 0 Å². The van der Waals surface area contributed by atoms with E-state index in [-0.39, 0.29) is 5.69 Å². The maximum Gasteiger partial charge on any atom is 0.269 e. The molecule has 3 aromatic carbocycles. The fourth-order valence-electron chi connectivity index (χ4n) is 3.36. The van der Waals surface area contributed by atoms with E-state index in [1.54, 1.807) is 18.3 Å². The van der Waals surface area contributed by atoms with E-state index in [0.29, 0.717) is 11.4 Å². The average Bonchev–Trinajstić information content (AvgIpc) is 3.15. The van der Waals surface area contributed by atoms with E-state index in [4.69, 9.17) is 0 Å². The van der Waals surface area contributed by atoms with E-state index in [0.717, 1.165) is 32.6 Å². The van der Waals surface area contributed by atoms with Crippen LogP contribution in [0.1, 0.15) is 0 Å². The van der Waals surface area contributed by atoms with Gasteiger partial charge in [-0.1, -0.05) is 24.3 Å². The molecule has 0 amide bonds.